The number of unbranched alkanes of at least 4 members (excludes halogenated alkanes) is 43. The summed E-state index contributed by atoms with van der Waals surface area (Å²) in [4.78, 5) is 73.1. The lowest BCUT2D eigenvalue weighted by molar-refractivity contribution is -0.161. The highest BCUT2D eigenvalue weighted by atomic mass is 31.2. The minimum atomic E-state index is -4.96. The largest absolute Gasteiger partial charge is 0.472 e. The molecule has 0 amide bonds. The predicted octanol–water partition coefficient (Wildman–Crippen LogP) is 24.4. The van der Waals surface area contributed by atoms with Crippen molar-refractivity contribution < 1.29 is 80.2 Å². The maximum absolute atomic E-state index is 13.1. The van der Waals surface area contributed by atoms with E-state index in [1.165, 1.54) is 225 Å². The van der Waals surface area contributed by atoms with Crippen LogP contribution in [-0.4, -0.2) is 96.7 Å². The number of aliphatic hydroxyl groups excluding tert-OH is 1. The van der Waals surface area contributed by atoms with Crippen LogP contribution in [0.1, 0.15) is 421 Å². The van der Waals surface area contributed by atoms with Gasteiger partial charge in [-0.2, -0.15) is 0 Å². The molecule has 0 saturated carbocycles. The van der Waals surface area contributed by atoms with Gasteiger partial charge in [0, 0.05) is 25.7 Å². The van der Waals surface area contributed by atoms with Crippen LogP contribution in [0.4, 0.5) is 0 Å². The number of hydrogen-bond donors (Lipinski definition) is 3. The van der Waals surface area contributed by atoms with Crippen molar-refractivity contribution in [2.24, 2.45) is 23.7 Å². The topological polar surface area (TPSA) is 237 Å². The molecular formula is C82H160O17P2. The normalized spacial score (nSPS) is 14.5. The second kappa shape index (κ2) is 71.0. The Bertz CT molecular complexity index is 1980. The number of carbonyl (C=O) groups is 4. The Morgan fingerprint density at radius 2 is 0.475 bits per heavy atom. The number of esters is 4. The van der Waals surface area contributed by atoms with E-state index in [1.54, 1.807) is 0 Å². The Hall–Kier alpha value is -1.94. The fraction of sp³-hybridized carbons (Fsp3) is 0.951. The fourth-order valence-corrected chi connectivity index (χ4v) is 14.1. The van der Waals surface area contributed by atoms with Crippen LogP contribution >= 0.6 is 15.6 Å². The van der Waals surface area contributed by atoms with E-state index < -0.39 is 97.5 Å². The Kier molecular flexibility index (Phi) is 69.6. The molecule has 0 aliphatic carbocycles. The summed E-state index contributed by atoms with van der Waals surface area (Å²) in [7, 11) is -9.92. The molecule has 0 aliphatic rings. The van der Waals surface area contributed by atoms with Crippen molar-refractivity contribution in [3.8, 4) is 0 Å². The first kappa shape index (κ1) is 99.1. The van der Waals surface area contributed by atoms with Gasteiger partial charge in [0.25, 0.3) is 0 Å². The van der Waals surface area contributed by atoms with Crippen molar-refractivity contribution in [3.63, 3.8) is 0 Å². The monoisotopic (exact) mass is 1480 g/mol. The molecule has 0 aromatic rings. The molecule has 0 saturated heterocycles. The lowest BCUT2D eigenvalue weighted by atomic mass is 9.99. The minimum Gasteiger partial charge on any atom is -0.462 e. The number of carbonyl (C=O) groups excluding carboxylic acids is 4. The zero-order valence-corrected chi connectivity index (χ0v) is 68.3. The second-order valence-electron chi connectivity index (χ2n) is 31.0. The molecule has 0 heterocycles. The van der Waals surface area contributed by atoms with Crippen LogP contribution in [-0.2, 0) is 65.4 Å². The van der Waals surface area contributed by atoms with E-state index in [1.807, 2.05) is 0 Å². The van der Waals surface area contributed by atoms with Gasteiger partial charge in [-0.05, 0) is 49.4 Å². The molecular weight excluding hydrogens is 1320 g/mol. The average molecular weight is 1480 g/mol. The van der Waals surface area contributed by atoms with E-state index >= 15 is 0 Å². The number of phosphoric acid groups is 2. The smallest absolute Gasteiger partial charge is 0.462 e. The predicted molar refractivity (Wildman–Crippen MR) is 414 cm³/mol. The summed E-state index contributed by atoms with van der Waals surface area (Å²) in [6, 6.07) is 0. The molecule has 3 N–H and O–H groups in total. The summed E-state index contributed by atoms with van der Waals surface area (Å²) in [6.45, 7) is 14.3. The number of ether oxygens (including phenoxy) is 4. The molecule has 4 unspecified atom stereocenters. The third-order valence-corrected chi connectivity index (χ3v) is 21.7. The van der Waals surface area contributed by atoms with Crippen molar-refractivity contribution in [2.75, 3.05) is 39.6 Å². The molecule has 0 rings (SSSR count). The van der Waals surface area contributed by atoms with Crippen LogP contribution in [0.3, 0.4) is 0 Å². The first-order valence-corrected chi connectivity index (χ1v) is 45.3. The van der Waals surface area contributed by atoms with Crippen LogP contribution in [0.25, 0.3) is 0 Å². The van der Waals surface area contributed by atoms with Gasteiger partial charge < -0.3 is 33.8 Å². The average Bonchev–Trinajstić information content (AvgIpc) is 0.927. The van der Waals surface area contributed by atoms with Crippen molar-refractivity contribution in [1.29, 1.82) is 0 Å². The second-order valence-corrected chi connectivity index (χ2v) is 33.9. The highest BCUT2D eigenvalue weighted by Gasteiger charge is 2.30. The zero-order valence-electron chi connectivity index (χ0n) is 66.5. The van der Waals surface area contributed by atoms with E-state index in [0.29, 0.717) is 25.7 Å². The molecule has 101 heavy (non-hydrogen) atoms. The fourth-order valence-electron chi connectivity index (χ4n) is 12.5. The van der Waals surface area contributed by atoms with Crippen molar-refractivity contribution >= 4 is 39.5 Å². The summed E-state index contributed by atoms with van der Waals surface area (Å²) in [5, 5.41) is 10.6. The number of aliphatic hydroxyl groups is 1. The first-order chi connectivity index (χ1) is 48.7. The van der Waals surface area contributed by atoms with Crippen LogP contribution < -0.4 is 0 Å². The van der Waals surface area contributed by atoms with Gasteiger partial charge in [-0.1, -0.05) is 370 Å². The van der Waals surface area contributed by atoms with Gasteiger partial charge in [0.15, 0.2) is 12.2 Å². The maximum atomic E-state index is 13.1. The van der Waals surface area contributed by atoms with Gasteiger partial charge in [-0.25, -0.2) is 9.13 Å². The Labute approximate surface area is 619 Å². The van der Waals surface area contributed by atoms with Gasteiger partial charge in [0.05, 0.1) is 26.4 Å². The molecule has 0 radical (unpaired) electrons. The van der Waals surface area contributed by atoms with Crippen molar-refractivity contribution in [1.82, 2.24) is 0 Å². The third kappa shape index (κ3) is 73.4. The van der Waals surface area contributed by atoms with E-state index in [4.69, 9.17) is 37.0 Å². The quantitative estimate of drug-likeness (QED) is 0.0222. The summed E-state index contributed by atoms with van der Waals surface area (Å²) in [6.07, 6.45) is 58.2. The number of hydrogen-bond acceptors (Lipinski definition) is 15. The van der Waals surface area contributed by atoms with Gasteiger partial charge >= 0.3 is 39.5 Å². The van der Waals surface area contributed by atoms with Crippen molar-refractivity contribution in [2.45, 2.75) is 440 Å². The standard InChI is InChI=1S/C82H160O17P2/c1-9-74(7)60-52-44-36-28-22-18-15-16-19-23-29-38-46-54-62-79(84)92-68-77(98-81(86)64-56-48-40-30-24-20-14-12-11-13-17-21-26-34-42-50-58-72(3)4)70-96-100(88,89)94-66-76(83)67-95-101(90,91)97-71-78(99-82(87)65-57-49-41-31-25-27-35-43-51-59-73(5)6)69-93-80(85)63-55-47-39-33-32-37-45-53-61-75(8)10-2/h72-78,83H,9-71H2,1-8H3,(H,88,89)(H,90,91)/t74?,75?,76-,77-,78-/m1/s1. The van der Waals surface area contributed by atoms with Gasteiger partial charge in [0.1, 0.15) is 19.3 Å². The Balaban J connectivity index is 5.26. The molecule has 0 spiro atoms. The SMILES string of the molecule is CCC(C)CCCCCCCCCCCCCCCCC(=O)OC[C@H](COP(=O)(O)OC[C@@H](O)COP(=O)(O)OC[C@@H](COC(=O)CCCCCCCCCCC(C)CC)OC(=O)CCCCCCCCCCCC(C)C)OC(=O)CCCCCCCCCCCCCCCCCCC(C)C. The summed E-state index contributed by atoms with van der Waals surface area (Å²) < 4.78 is 68.8. The van der Waals surface area contributed by atoms with E-state index in [2.05, 4.69) is 55.4 Å². The van der Waals surface area contributed by atoms with Crippen LogP contribution in [0, 0.1) is 23.7 Å². The van der Waals surface area contributed by atoms with E-state index in [9.17, 15) is 43.2 Å². The molecule has 19 heteroatoms. The van der Waals surface area contributed by atoms with Gasteiger partial charge in [-0.3, -0.25) is 37.3 Å². The van der Waals surface area contributed by atoms with E-state index in [-0.39, 0.29) is 25.7 Å². The molecule has 0 fully saturated rings. The van der Waals surface area contributed by atoms with Crippen LogP contribution in [0.2, 0.25) is 0 Å². The van der Waals surface area contributed by atoms with Crippen LogP contribution in [0.5, 0.6) is 0 Å². The summed E-state index contributed by atoms with van der Waals surface area (Å²) in [5.41, 5.74) is 0. The van der Waals surface area contributed by atoms with E-state index in [0.717, 1.165) is 114 Å². The van der Waals surface area contributed by atoms with Crippen LogP contribution in [0.15, 0.2) is 0 Å². The lowest BCUT2D eigenvalue weighted by Crippen LogP contribution is -2.30. The number of phosphoric ester groups is 2. The molecule has 600 valence electrons. The summed E-state index contributed by atoms with van der Waals surface area (Å²) >= 11 is 0. The third-order valence-electron chi connectivity index (χ3n) is 19.8. The molecule has 0 aromatic carbocycles. The zero-order chi connectivity index (χ0) is 74.6. The molecule has 7 atom stereocenters. The molecule has 0 bridgehead atoms. The molecule has 17 nitrogen and oxygen atoms in total. The highest BCUT2D eigenvalue weighted by Crippen LogP contribution is 2.45. The molecule has 0 aliphatic heterocycles. The van der Waals surface area contributed by atoms with Gasteiger partial charge in [-0.15, -0.1) is 0 Å². The lowest BCUT2D eigenvalue weighted by Gasteiger charge is -2.21. The molecule has 0 aromatic heterocycles. The van der Waals surface area contributed by atoms with Gasteiger partial charge in [0.2, 0.25) is 0 Å². The van der Waals surface area contributed by atoms with Crippen molar-refractivity contribution in [3.05, 3.63) is 0 Å². The first-order valence-electron chi connectivity index (χ1n) is 42.3. The maximum Gasteiger partial charge on any atom is 0.472 e. The summed E-state index contributed by atoms with van der Waals surface area (Å²) in [5.74, 6) is 1.06. The Morgan fingerprint density at radius 1 is 0.277 bits per heavy atom. The number of rotatable bonds is 79. The minimum absolute atomic E-state index is 0.105. The Morgan fingerprint density at radius 3 is 0.703 bits per heavy atom. The highest BCUT2D eigenvalue weighted by molar-refractivity contribution is 7.47.